The van der Waals surface area contributed by atoms with Crippen LogP contribution in [0.3, 0.4) is 0 Å². The molecule has 7 heteroatoms. The Morgan fingerprint density at radius 3 is 1.89 bits per heavy atom. The maximum atomic E-state index is 5.40. The molecule has 0 atom stereocenters. The minimum atomic E-state index is 0. The third kappa shape index (κ3) is 20.7. The summed E-state index contributed by atoms with van der Waals surface area (Å²) < 4.78 is 9.81. The van der Waals surface area contributed by atoms with E-state index in [1.54, 1.807) is 11.1 Å². The number of quaternary nitrogens is 2. The fraction of sp³-hybridized carbons (Fsp3) is 0.892. The largest absolute Gasteiger partial charge is 0.370 e. The number of rotatable bonds is 14. The summed E-state index contributed by atoms with van der Waals surface area (Å²) in [5.74, 6) is 0.746. The first-order valence-corrected chi connectivity index (χ1v) is 18.0. The van der Waals surface area contributed by atoms with Gasteiger partial charge in [0, 0.05) is 19.5 Å². The second-order valence-corrected chi connectivity index (χ2v) is 13.4. The first-order valence-electron chi connectivity index (χ1n) is 18.0. The Balaban J connectivity index is 0. The predicted molar refractivity (Wildman–Crippen MR) is 192 cm³/mol. The van der Waals surface area contributed by atoms with Gasteiger partial charge in [-0.15, -0.1) is 0 Å². The number of unbranched alkanes of at least 4 members (excludes halogenated alkanes) is 2. The highest BCUT2D eigenvalue weighted by Crippen LogP contribution is 2.21. The average molecular weight is 627 g/mol. The van der Waals surface area contributed by atoms with E-state index in [0.29, 0.717) is 0 Å². The van der Waals surface area contributed by atoms with Crippen molar-refractivity contribution in [2.75, 3.05) is 99.8 Å². The van der Waals surface area contributed by atoms with Gasteiger partial charge in [-0.2, -0.15) is 0 Å². The van der Waals surface area contributed by atoms with Crippen molar-refractivity contribution in [2.24, 2.45) is 5.28 Å². The minimum Gasteiger partial charge on any atom is -0.370 e. The predicted octanol–water partition coefficient (Wildman–Crippen LogP) is 8.71. The molecule has 0 spiro atoms. The molecule has 1 fully saturated rings. The molecule has 0 aromatic carbocycles. The van der Waals surface area contributed by atoms with Crippen LogP contribution in [0.15, 0.2) is 28.8 Å². The van der Waals surface area contributed by atoms with Gasteiger partial charge in [-0.25, -0.2) is 0 Å². The molecular formula is C37H80N5O2+3. The molecule has 0 saturated carbocycles. The summed E-state index contributed by atoms with van der Waals surface area (Å²) in [6, 6.07) is 0. The van der Waals surface area contributed by atoms with Gasteiger partial charge in [0.25, 0.3) is 0 Å². The van der Waals surface area contributed by atoms with Crippen LogP contribution >= 0.6 is 0 Å². The number of likely N-dealkylation sites (N-methyl/N-ethyl adjacent to an activating group) is 1. The Morgan fingerprint density at radius 1 is 0.841 bits per heavy atom. The highest BCUT2D eigenvalue weighted by molar-refractivity contribution is 5.18. The van der Waals surface area contributed by atoms with Crippen LogP contribution in [0.2, 0.25) is 0 Å². The third-order valence-corrected chi connectivity index (χ3v) is 8.79. The van der Waals surface area contributed by atoms with Crippen LogP contribution in [0, 0.1) is 0 Å². The van der Waals surface area contributed by atoms with Crippen LogP contribution in [0.4, 0.5) is 0 Å². The highest BCUT2D eigenvalue weighted by Gasteiger charge is 2.28. The van der Waals surface area contributed by atoms with E-state index in [9.17, 15) is 0 Å². The van der Waals surface area contributed by atoms with Gasteiger partial charge < -0.3 is 23.4 Å². The minimum absolute atomic E-state index is 0. The maximum absolute atomic E-state index is 5.40. The topological polar surface area (TPSA) is 37.1 Å². The Morgan fingerprint density at radius 2 is 1.43 bits per heavy atom. The summed E-state index contributed by atoms with van der Waals surface area (Å²) in [5.41, 5.74) is 3.40. The summed E-state index contributed by atoms with van der Waals surface area (Å²) >= 11 is 0. The standard InChI is InChI=1S/C10H22NO.C10H19N.C9H22N.C7H13N2O.CH4/c1-3-5-11(6-4-2)7-9-12-10-8-11;1-4-9-6-7-11(3)8-10(9)5-2;1-5-7-9-10(3,4)8-6-2;1-3-4-5-9-6-7(2)10-8-9;/h3-10H2,1-2H3;4-8H2,1-3H3;5-9H2,1-4H3;2-6H2,1H3;1H4/q+1;;2*+1;. The number of ether oxygens (including phenoxy) is 1. The highest BCUT2D eigenvalue weighted by atomic mass is 16.7. The molecule has 44 heavy (non-hydrogen) atoms. The van der Waals surface area contributed by atoms with E-state index in [1.807, 2.05) is 4.70 Å². The maximum Gasteiger partial charge on any atom is 0.231 e. The van der Waals surface area contributed by atoms with Gasteiger partial charge in [0.15, 0.2) is 11.8 Å². The van der Waals surface area contributed by atoms with Crippen molar-refractivity contribution in [2.45, 2.75) is 120 Å². The first kappa shape index (κ1) is 44.8. The molecule has 7 nitrogen and oxygen atoms in total. The SMILES string of the molecule is C.C=C1C[N+](CCCC)=NO1.CCC1=C(CC)CN(C)CC1.CCCC[N+](C)(C)CCC.CCC[N+]1(CCC)CCOCC1. The Labute approximate surface area is 276 Å². The molecule has 3 heterocycles. The van der Waals surface area contributed by atoms with Crippen molar-refractivity contribution >= 4 is 0 Å². The molecular weight excluding hydrogens is 546 g/mol. The van der Waals surface area contributed by atoms with Gasteiger partial charge in [-0.05, 0) is 52.0 Å². The second-order valence-electron chi connectivity index (χ2n) is 13.4. The van der Waals surface area contributed by atoms with E-state index in [1.165, 1.54) is 126 Å². The lowest BCUT2D eigenvalue weighted by Gasteiger charge is -2.41. The Bertz CT molecular complexity index is 756. The lowest BCUT2D eigenvalue weighted by Crippen LogP contribution is -2.55. The van der Waals surface area contributed by atoms with Crippen LogP contribution in [0.25, 0.3) is 0 Å². The van der Waals surface area contributed by atoms with Crippen LogP contribution in [-0.2, 0) is 9.57 Å². The van der Waals surface area contributed by atoms with Crippen LogP contribution in [0.1, 0.15) is 120 Å². The van der Waals surface area contributed by atoms with Crippen molar-refractivity contribution in [3.8, 4) is 0 Å². The third-order valence-electron chi connectivity index (χ3n) is 8.79. The smallest absolute Gasteiger partial charge is 0.231 e. The molecule has 0 aromatic heterocycles. The Kier molecular flexibility index (Phi) is 27.4. The van der Waals surface area contributed by atoms with Crippen LogP contribution in [-0.4, -0.2) is 118 Å². The number of hydrogen-bond donors (Lipinski definition) is 0. The van der Waals surface area contributed by atoms with E-state index >= 15 is 0 Å². The van der Waals surface area contributed by atoms with Gasteiger partial charge in [-0.3, -0.25) is 0 Å². The molecule has 0 aliphatic carbocycles. The lowest BCUT2D eigenvalue weighted by atomic mass is 9.96. The van der Waals surface area contributed by atoms with Crippen molar-refractivity contribution in [3.63, 3.8) is 0 Å². The van der Waals surface area contributed by atoms with Gasteiger partial charge in [0.1, 0.15) is 13.1 Å². The molecule has 262 valence electrons. The molecule has 3 aliphatic heterocycles. The van der Waals surface area contributed by atoms with Gasteiger partial charge in [-0.1, -0.05) is 91.2 Å². The number of nitrogens with zero attached hydrogens (tertiary/aromatic N) is 5. The van der Waals surface area contributed by atoms with Crippen LogP contribution in [0.5, 0.6) is 0 Å². The molecule has 0 N–H and O–H groups in total. The summed E-state index contributed by atoms with van der Waals surface area (Å²) in [6.07, 6.45) is 12.8. The van der Waals surface area contributed by atoms with Crippen molar-refractivity contribution < 1.29 is 23.2 Å². The molecule has 1 saturated heterocycles. The van der Waals surface area contributed by atoms with E-state index in [-0.39, 0.29) is 7.43 Å². The number of morpholine rings is 1. The summed E-state index contributed by atoms with van der Waals surface area (Å²) in [4.78, 5) is 7.23. The Hall–Kier alpha value is -1.28. The first-order chi connectivity index (χ1) is 20.5. The summed E-state index contributed by atoms with van der Waals surface area (Å²) in [7, 11) is 6.85. The fourth-order valence-electron chi connectivity index (χ4n) is 6.19. The van der Waals surface area contributed by atoms with E-state index in [2.05, 4.69) is 86.4 Å². The van der Waals surface area contributed by atoms with E-state index in [0.717, 1.165) is 32.1 Å². The van der Waals surface area contributed by atoms with E-state index < -0.39 is 0 Å². The zero-order valence-corrected chi connectivity index (χ0v) is 30.8. The molecule has 3 rings (SSSR count). The summed E-state index contributed by atoms with van der Waals surface area (Å²) in [6.45, 7) is 33.4. The summed E-state index contributed by atoms with van der Waals surface area (Å²) in [5, 5.41) is 3.79. The zero-order chi connectivity index (χ0) is 32.6. The molecule has 3 aliphatic rings. The molecule has 0 amide bonds. The fourth-order valence-corrected chi connectivity index (χ4v) is 6.19. The van der Waals surface area contributed by atoms with Gasteiger partial charge >= 0.3 is 0 Å². The lowest BCUT2D eigenvalue weighted by molar-refractivity contribution is -0.935. The van der Waals surface area contributed by atoms with Crippen molar-refractivity contribution in [3.05, 3.63) is 23.5 Å². The normalized spacial score (nSPS) is 18.0. The molecule has 0 aromatic rings. The molecule has 0 radical (unpaired) electrons. The molecule has 0 unspecified atom stereocenters. The van der Waals surface area contributed by atoms with Gasteiger partial charge in [0.05, 0.1) is 53.5 Å². The molecule has 0 bridgehead atoms. The monoisotopic (exact) mass is 627 g/mol. The van der Waals surface area contributed by atoms with Gasteiger partial charge in [0.2, 0.25) is 12.3 Å². The zero-order valence-electron chi connectivity index (χ0n) is 30.8. The number of hydrogen-bond acceptors (Lipinski definition) is 4. The second kappa shape index (κ2) is 26.9. The van der Waals surface area contributed by atoms with Crippen molar-refractivity contribution in [1.82, 2.24) is 4.90 Å². The van der Waals surface area contributed by atoms with Crippen LogP contribution < -0.4 is 0 Å². The average Bonchev–Trinajstić information content (AvgIpc) is 3.41. The quantitative estimate of drug-likeness (QED) is 0.110. The van der Waals surface area contributed by atoms with Crippen molar-refractivity contribution in [1.29, 1.82) is 0 Å². The van der Waals surface area contributed by atoms with E-state index in [4.69, 9.17) is 9.57 Å².